The van der Waals surface area contributed by atoms with Crippen molar-refractivity contribution in [3.05, 3.63) is 71.8 Å². The van der Waals surface area contributed by atoms with Crippen molar-refractivity contribution in [2.24, 2.45) is 9.98 Å². The Hall–Kier alpha value is -2.18. The van der Waals surface area contributed by atoms with Crippen LogP contribution in [0.4, 0.5) is 0 Å². The average Bonchev–Trinajstić information content (AvgIpc) is 3.45. The van der Waals surface area contributed by atoms with E-state index in [2.05, 4.69) is 76.7 Å². The van der Waals surface area contributed by atoms with Crippen molar-refractivity contribution in [2.45, 2.75) is 36.8 Å². The number of aliphatic imine (C=N–C) groups is 2. The minimum absolute atomic E-state index is 0.394. The van der Waals surface area contributed by atoms with E-state index in [1.165, 1.54) is 11.1 Å². The predicted molar refractivity (Wildman–Crippen MR) is 85.0 cm³/mol. The van der Waals surface area contributed by atoms with Crippen molar-refractivity contribution in [3.63, 3.8) is 0 Å². The molecule has 2 fully saturated rings. The van der Waals surface area contributed by atoms with E-state index in [1.807, 2.05) is 0 Å². The van der Waals surface area contributed by atoms with Gasteiger partial charge in [-0.25, -0.2) is 9.98 Å². The predicted octanol–water partition coefficient (Wildman–Crippen LogP) is 4.27. The first-order chi connectivity index (χ1) is 10.4. The lowest BCUT2D eigenvalue weighted by molar-refractivity contribution is 0.971. The molecule has 2 aromatic rings. The molecule has 0 N–H and O–H groups in total. The third-order valence-corrected chi connectivity index (χ3v) is 4.42. The van der Waals surface area contributed by atoms with Crippen LogP contribution in [-0.4, -0.2) is 18.1 Å². The van der Waals surface area contributed by atoms with Crippen molar-refractivity contribution >= 4 is 6.01 Å². The van der Waals surface area contributed by atoms with Gasteiger partial charge in [0.1, 0.15) is 0 Å². The van der Waals surface area contributed by atoms with Gasteiger partial charge in [0.25, 0.3) is 0 Å². The Balaban J connectivity index is 1.34. The molecular weight excluding hydrogens is 256 g/mol. The molecule has 0 aliphatic heterocycles. The van der Waals surface area contributed by atoms with Gasteiger partial charge in [-0.15, -0.1) is 0 Å². The van der Waals surface area contributed by atoms with Crippen LogP contribution in [0.3, 0.4) is 0 Å². The summed E-state index contributed by atoms with van der Waals surface area (Å²) < 4.78 is 0. The largest absolute Gasteiger partial charge is 0.222 e. The van der Waals surface area contributed by atoms with Gasteiger partial charge in [-0.1, -0.05) is 60.7 Å². The Morgan fingerprint density at radius 2 is 1.10 bits per heavy atom. The zero-order chi connectivity index (χ0) is 14.1. The minimum atomic E-state index is 0.394. The first-order valence-electron chi connectivity index (χ1n) is 7.66. The lowest BCUT2D eigenvalue weighted by atomic mass is 10.1. The van der Waals surface area contributed by atoms with Crippen LogP contribution in [0, 0.1) is 0 Å². The summed E-state index contributed by atoms with van der Waals surface area (Å²) in [5.74, 6) is 1.16. The van der Waals surface area contributed by atoms with Gasteiger partial charge >= 0.3 is 0 Å². The summed E-state index contributed by atoms with van der Waals surface area (Å²) in [7, 11) is 0. The number of hydrogen-bond donors (Lipinski definition) is 0. The summed E-state index contributed by atoms with van der Waals surface area (Å²) in [6.45, 7) is 0. The standard InChI is InChI=1S/C19H18N2/c1-3-7-14(8-4-1)16-11-18(16)20-13-21-19-12-17(19)15-9-5-2-6-10-15/h1-10,16-19H,11-12H2/t16-,17+,18+,19-. The summed E-state index contributed by atoms with van der Waals surface area (Å²) >= 11 is 0. The third-order valence-electron chi connectivity index (χ3n) is 4.42. The molecule has 2 saturated carbocycles. The molecular formula is C19H18N2. The normalized spacial score (nSPS) is 29.3. The maximum atomic E-state index is 4.49. The van der Waals surface area contributed by atoms with Crippen LogP contribution in [0.5, 0.6) is 0 Å². The lowest BCUT2D eigenvalue weighted by Gasteiger charge is -1.95. The van der Waals surface area contributed by atoms with E-state index >= 15 is 0 Å². The van der Waals surface area contributed by atoms with Crippen molar-refractivity contribution in [3.8, 4) is 0 Å². The van der Waals surface area contributed by atoms with Gasteiger partial charge in [0, 0.05) is 11.8 Å². The highest BCUT2D eigenvalue weighted by Gasteiger charge is 2.39. The monoisotopic (exact) mass is 274 g/mol. The Kier molecular flexibility index (Phi) is 3.17. The smallest absolute Gasteiger partial charge is 0.0898 e. The lowest BCUT2D eigenvalue weighted by Crippen LogP contribution is -1.85. The van der Waals surface area contributed by atoms with Gasteiger partial charge in [-0.3, -0.25) is 0 Å². The SMILES string of the molecule is C(=N[C@H]1C[C@@H]1c1ccccc1)=N[C@@H]1C[C@H]1c1ccccc1. The molecule has 0 amide bonds. The van der Waals surface area contributed by atoms with Crippen molar-refractivity contribution < 1.29 is 0 Å². The topological polar surface area (TPSA) is 24.7 Å². The number of rotatable bonds is 4. The summed E-state index contributed by atoms with van der Waals surface area (Å²) in [5, 5.41) is 0. The van der Waals surface area contributed by atoms with E-state index < -0.39 is 0 Å². The molecule has 0 unspecified atom stereocenters. The summed E-state index contributed by atoms with van der Waals surface area (Å²) in [5.41, 5.74) is 2.78. The Morgan fingerprint density at radius 1 is 0.667 bits per heavy atom. The van der Waals surface area contributed by atoms with Crippen molar-refractivity contribution in [1.82, 2.24) is 0 Å². The van der Waals surface area contributed by atoms with Crippen molar-refractivity contribution in [2.75, 3.05) is 0 Å². The van der Waals surface area contributed by atoms with E-state index in [9.17, 15) is 0 Å². The average molecular weight is 274 g/mol. The zero-order valence-corrected chi connectivity index (χ0v) is 11.9. The second-order valence-electron chi connectivity index (χ2n) is 6.00. The van der Waals surface area contributed by atoms with Gasteiger partial charge in [0.2, 0.25) is 0 Å². The first-order valence-corrected chi connectivity index (χ1v) is 7.66. The Morgan fingerprint density at radius 3 is 1.52 bits per heavy atom. The molecule has 0 radical (unpaired) electrons. The van der Waals surface area contributed by atoms with E-state index in [0.29, 0.717) is 23.9 Å². The molecule has 0 saturated heterocycles. The van der Waals surface area contributed by atoms with Crippen LogP contribution < -0.4 is 0 Å². The number of nitrogens with zero attached hydrogens (tertiary/aromatic N) is 2. The number of benzene rings is 2. The fourth-order valence-electron chi connectivity index (χ4n) is 2.95. The molecule has 2 aliphatic carbocycles. The molecule has 2 heteroatoms. The molecule has 21 heavy (non-hydrogen) atoms. The first kappa shape index (κ1) is 12.6. The molecule has 2 aliphatic rings. The molecule has 4 rings (SSSR count). The molecule has 0 heterocycles. The van der Waals surface area contributed by atoms with Crippen LogP contribution in [0.15, 0.2) is 70.6 Å². The van der Waals surface area contributed by atoms with E-state index in [4.69, 9.17) is 0 Å². The Labute approximate surface area is 125 Å². The van der Waals surface area contributed by atoms with Gasteiger partial charge in [0.05, 0.1) is 18.1 Å². The van der Waals surface area contributed by atoms with Crippen LogP contribution in [0.1, 0.15) is 35.8 Å². The van der Waals surface area contributed by atoms with E-state index in [-0.39, 0.29) is 0 Å². The zero-order valence-electron chi connectivity index (χ0n) is 11.9. The Bertz CT molecular complexity index is 614. The maximum absolute atomic E-state index is 4.49. The summed E-state index contributed by atoms with van der Waals surface area (Å²) in [6, 6.07) is 25.0. The maximum Gasteiger partial charge on any atom is 0.0898 e. The molecule has 104 valence electrons. The molecule has 0 spiro atoms. The molecule has 4 atom stereocenters. The van der Waals surface area contributed by atoms with Gasteiger partial charge in [-0.2, -0.15) is 0 Å². The fourth-order valence-corrected chi connectivity index (χ4v) is 2.95. The highest BCUT2D eigenvalue weighted by molar-refractivity contribution is 5.46. The molecule has 0 aromatic heterocycles. The quantitative estimate of drug-likeness (QED) is 0.744. The fraction of sp³-hybridized carbons (Fsp3) is 0.316. The number of hydrogen-bond acceptors (Lipinski definition) is 2. The van der Waals surface area contributed by atoms with Gasteiger partial charge in [-0.05, 0) is 24.0 Å². The van der Waals surface area contributed by atoms with Crippen molar-refractivity contribution in [1.29, 1.82) is 0 Å². The van der Waals surface area contributed by atoms with Crippen LogP contribution in [0.25, 0.3) is 0 Å². The second kappa shape index (κ2) is 5.31. The second-order valence-corrected chi connectivity index (χ2v) is 6.00. The van der Waals surface area contributed by atoms with E-state index in [0.717, 1.165) is 12.8 Å². The van der Waals surface area contributed by atoms with E-state index in [1.54, 1.807) is 0 Å². The van der Waals surface area contributed by atoms with Crippen LogP contribution in [-0.2, 0) is 0 Å². The molecule has 2 nitrogen and oxygen atoms in total. The minimum Gasteiger partial charge on any atom is -0.222 e. The van der Waals surface area contributed by atoms with Gasteiger partial charge < -0.3 is 0 Å². The van der Waals surface area contributed by atoms with Crippen LogP contribution >= 0.6 is 0 Å². The highest BCUT2D eigenvalue weighted by Crippen LogP contribution is 2.44. The highest BCUT2D eigenvalue weighted by atomic mass is 14.9. The summed E-state index contributed by atoms with van der Waals surface area (Å²) in [6.07, 6.45) is 2.28. The molecule has 0 bridgehead atoms. The van der Waals surface area contributed by atoms with Gasteiger partial charge in [0.15, 0.2) is 0 Å². The summed E-state index contributed by atoms with van der Waals surface area (Å²) in [4.78, 5) is 8.97. The van der Waals surface area contributed by atoms with Crippen LogP contribution in [0.2, 0.25) is 0 Å². The third kappa shape index (κ3) is 2.81. The molecule has 2 aromatic carbocycles.